The average molecular weight is 152 g/mol. The molecule has 0 aromatic heterocycles. The van der Waals surface area contributed by atoms with Gasteiger partial charge in [0.25, 0.3) is 0 Å². The summed E-state index contributed by atoms with van der Waals surface area (Å²) < 4.78 is 2.40. The van der Waals surface area contributed by atoms with Crippen molar-refractivity contribution in [3.05, 3.63) is 0 Å². The molecule has 0 rings (SSSR count). The summed E-state index contributed by atoms with van der Waals surface area (Å²) in [6, 6.07) is 0. The third-order valence-corrected chi connectivity index (χ3v) is 7.38. The number of hydrogen-bond acceptors (Lipinski definition) is 1. The van der Waals surface area contributed by atoms with Crippen LogP contribution in [0.2, 0.25) is 20.9 Å². The Morgan fingerprint density at radius 1 is 0.875 bits per heavy atom. The minimum atomic E-state index is -1.96. The van der Waals surface area contributed by atoms with Crippen LogP contribution in [0.3, 0.4) is 0 Å². The van der Waals surface area contributed by atoms with Crippen molar-refractivity contribution in [2.45, 2.75) is 20.9 Å². The first-order valence-corrected chi connectivity index (χ1v) is 10.1. The first kappa shape index (κ1) is 8.67. The molecule has 0 amide bonds. The Morgan fingerprint density at radius 2 is 1.00 bits per heavy atom. The van der Waals surface area contributed by atoms with Crippen molar-refractivity contribution in [3.63, 3.8) is 0 Å². The standard InChI is InChI=1S/C2H6N.4CH3.Ti/c1-3-2;;;;;/h1-2H3;4*1H3;/q-1;;;;;+1. The molecular weight excluding hydrogens is 134 g/mol. The van der Waals surface area contributed by atoms with E-state index in [-0.39, 0.29) is 0 Å². The quantitative estimate of drug-likeness (QED) is 0.521. The van der Waals surface area contributed by atoms with E-state index < -0.39 is 15.6 Å². The molecule has 0 unspecified atom stereocenters. The molecule has 0 aliphatic carbocycles. The molecule has 51 valence electrons. The molecule has 0 radical (unpaired) electrons. The second-order valence-electron chi connectivity index (χ2n) is 4.79. The van der Waals surface area contributed by atoms with Crippen molar-refractivity contribution < 1.29 is 15.6 Å². The first-order valence-electron chi connectivity index (χ1n) is 3.12. The normalized spacial score (nSPS) is 18.1. The maximum atomic E-state index is 2.40. The van der Waals surface area contributed by atoms with Crippen LogP contribution in [0.15, 0.2) is 0 Å². The van der Waals surface area contributed by atoms with E-state index in [1.807, 2.05) is 0 Å². The fourth-order valence-corrected chi connectivity index (χ4v) is 0. The predicted molar refractivity (Wildman–Crippen MR) is 37.1 cm³/mol. The molecule has 0 bridgehead atoms. The fourth-order valence-electron chi connectivity index (χ4n) is 0. The minimum absolute atomic E-state index is 1.96. The zero-order valence-electron chi connectivity index (χ0n) is 6.95. The molecular formula is C6H18NTi. The van der Waals surface area contributed by atoms with Crippen LogP contribution in [-0.4, -0.2) is 17.5 Å². The molecule has 0 aromatic rings. The van der Waals surface area contributed by atoms with E-state index in [2.05, 4.69) is 38.4 Å². The molecule has 0 saturated carbocycles. The van der Waals surface area contributed by atoms with Crippen LogP contribution in [0.5, 0.6) is 0 Å². The number of nitrogens with zero attached hydrogens (tertiary/aromatic N) is 1. The molecule has 0 aliphatic heterocycles. The Labute approximate surface area is 54.3 Å². The molecule has 0 aliphatic rings. The molecule has 1 nitrogen and oxygen atoms in total. The number of hydrogen-bond donors (Lipinski definition) is 0. The second kappa shape index (κ2) is 1.83. The van der Waals surface area contributed by atoms with Crippen molar-refractivity contribution in [1.82, 2.24) is 3.38 Å². The van der Waals surface area contributed by atoms with Crippen LogP contribution >= 0.6 is 0 Å². The Bertz CT molecular complexity index is 79.2. The summed E-state index contributed by atoms with van der Waals surface area (Å²) in [5.41, 5.74) is 0. The van der Waals surface area contributed by atoms with Gasteiger partial charge in [-0.05, 0) is 0 Å². The SMILES string of the molecule is C[N](C)[Ti]([CH3])([CH3])([CH3])[CH3]. The number of rotatable bonds is 1. The van der Waals surface area contributed by atoms with E-state index >= 15 is 0 Å². The molecule has 0 fully saturated rings. The maximum absolute atomic E-state index is 2.40. The van der Waals surface area contributed by atoms with Crippen molar-refractivity contribution in [3.8, 4) is 0 Å². The monoisotopic (exact) mass is 152 g/mol. The van der Waals surface area contributed by atoms with E-state index in [0.717, 1.165) is 0 Å². The van der Waals surface area contributed by atoms with Gasteiger partial charge in [-0.15, -0.1) is 0 Å². The van der Waals surface area contributed by atoms with Gasteiger partial charge in [0.15, 0.2) is 0 Å². The van der Waals surface area contributed by atoms with Gasteiger partial charge in [-0.25, -0.2) is 0 Å². The van der Waals surface area contributed by atoms with Crippen LogP contribution < -0.4 is 0 Å². The van der Waals surface area contributed by atoms with Crippen molar-refractivity contribution in [2.24, 2.45) is 0 Å². The van der Waals surface area contributed by atoms with Gasteiger partial charge >= 0.3 is 54.0 Å². The third-order valence-electron chi connectivity index (χ3n) is 1.79. The summed E-state index contributed by atoms with van der Waals surface area (Å²) in [5, 5.41) is 9.60. The van der Waals surface area contributed by atoms with E-state index in [9.17, 15) is 0 Å². The summed E-state index contributed by atoms with van der Waals surface area (Å²) in [6.45, 7) is 0. The Hall–Kier alpha value is 0.674. The van der Waals surface area contributed by atoms with Gasteiger partial charge in [-0.1, -0.05) is 0 Å². The molecule has 0 atom stereocenters. The zero-order chi connectivity index (χ0) is 7.02. The first-order chi connectivity index (χ1) is 3.20. The van der Waals surface area contributed by atoms with Crippen LogP contribution in [0, 0.1) is 0 Å². The molecule has 0 heterocycles. The van der Waals surface area contributed by atoms with Crippen LogP contribution in [0.1, 0.15) is 0 Å². The van der Waals surface area contributed by atoms with Crippen LogP contribution in [0.25, 0.3) is 0 Å². The summed E-state index contributed by atoms with van der Waals surface area (Å²) >= 11 is -1.96. The second-order valence-corrected chi connectivity index (χ2v) is 18.3. The summed E-state index contributed by atoms with van der Waals surface area (Å²) in [4.78, 5) is 0. The Balaban J connectivity index is 4.14. The Morgan fingerprint density at radius 3 is 1.00 bits per heavy atom. The fraction of sp³-hybridized carbons (Fsp3) is 1.00. The van der Waals surface area contributed by atoms with E-state index in [4.69, 9.17) is 0 Å². The van der Waals surface area contributed by atoms with Crippen molar-refractivity contribution in [2.75, 3.05) is 14.1 Å². The van der Waals surface area contributed by atoms with Gasteiger partial charge in [0, 0.05) is 0 Å². The Kier molecular flexibility index (Phi) is 1.98. The molecule has 0 spiro atoms. The topological polar surface area (TPSA) is 3.24 Å². The van der Waals surface area contributed by atoms with Crippen molar-refractivity contribution in [1.29, 1.82) is 0 Å². The average Bonchev–Trinajstić information content (AvgIpc) is 1.27. The summed E-state index contributed by atoms with van der Waals surface area (Å²) in [7, 11) is 4.36. The van der Waals surface area contributed by atoms with E-state index in [1.54, 1.807) is 0 Å². The van der Waals surface area contributed by atoms with Crippen LogP contribution in [-0.2, 0) is 15.6 Å². The molecule has 0 saturated heterocycles. The summed E-state index contributed by atoms with van der Waals surface area (Å²) in [6.07, 6.45) is 0. The van der Waals surface area contributed by atoms with Gasteiger partial charge in [0.1, 0.15) is 0 Å². The van der Waals surface area contributed by atoms with Gasteiger partial charge in [-0.2, -0.15) is 0 Å². The molecule has 8 heavy (non-hydrogen) atoms. The molecule has 0 N–H and O–H groups in total. The third kappa shape index (κ3) is 2.86. The zero-order valence-corrected chi connectivity index (χ0v) is 8.51. The van der Waals surface area contributed by atoms with Gasteiger partial charge in [-0.3, -0.25) is 0 Å². The van der Waals surface area contributed by atoms with Gasteiger partial charge in [0.05, 0.1) is 0 Å². The molecule has 2 heteroatoms. The predicted octanol–water partition coefficient (Wildman–Crippen LogP) is 2.35. The van der Waals surface area contributed by atoms with E-state index in [0.29, 0.717) is 0 Å². The summed E-state index contributed by atoms with van der Waals surface area (Å²) in [5.74, 6) is 0. The van der Waals surface area contributed by atoms with Crippen LogP contribution in [0.4, 0.5) is 0 Å². The van der Waals surface area contributed by atoms with Gasteiger partial charge in [0.2, 0.25) is 0 Å². The van der Waals surface area contributed by atoms with Gasteiger partial charge < -0.3 is 0 Å². The van der Waals surface area contributed by atoms with E-state index in [1.165, 1.54) is 0 Å². The molecule has 0 aromatic carbocycles. The van der Waals surface area contributed by atoms with Crippen molar-refractivity contribution >= 4 is 0 Å².